The number of hydrogen-bond donors (Lipinski definition) is 2. The maximum Gasteiger partial charge on any atom is 0.116 e. The van der Waals surface area contributed by atoms with E-state index < -0.39 is 0 Å². The van der Waals surface area contributed by atoms with Crippen LogP contribution in [0, 0.1) is 0 Å². The number of phenolic OH excluding ortho intramolecular Hbond substituents is 1. The zero-order valence-corrected chi connectivity index (χ0v) is 9.27. The molecular formula is C14H15NO. The molecule has 0 fully saturated rings. The van der Waals surface area contributed by atoms with Crippen LogP contribution in [-0.2, 0) is 6.54 Å². The molecule has 0 spiro atoms. The summed E-state index contributed by atoms with van der Waals surface area (Å²) >= 11 is 0. The number of hydrogen-bond acceptors (Lipinski definition) is 2. The highest BCUT2D eigenvalue weighted by Crippen LogP contribution is 2.23. The molecule has 0 aromatic heterocycles. The van der Waals surface area contributed by atoms with Crippen molar-refractivity contribution < 1.29 is 5.11 Å². The normalized spacial score (nSPS) is 10.3. The van der Waals surface area contributed by atoms with Crippen LogP contribution in [-0.4, -0.2) is 12.2 Å². The molecule has 0 aliphatic rings. The Hall–Kier alpha value is -1.80. The first-order chi connectivity index (χ1) is 7.79. The summed E-state index contributed by atoms with van der Waals surface area (Å²) in [6.45, 7) is 0.854. The summed E-state index contributed by atoms with van der Waals surface area (Å²) in [5.41, 5.74) is 3.41. The van der Waals surface area contributed by atoms with Crippen LogP contribution in [0.1, 0.15) is 5.56 Å². The lowest BCUT2D eigenvalue weighted by atomic mass is 10.0. The Bertz CT molecular complexity index is 480. The van der Waals surface area contributed by atoms with Gasteiger partial charge < -0.3 is 10.4 Å². The highest BCUT2D eigenvalue weighted by Gasteiger charge is 1.99. The summed E-state index contributed by atoms with van der Waals surface area (Å²) < 4.78 is 0. The van der Waals surface area contributed by atoms with E-state index in [0.29, 0.717) is 5.75 Å². The standard InChI is InChI=1S/C14H15NO/c1-15-10-11-4-2-5-12(8-11)13-6-3-7-14(16)9-13/h2-9,15-16H,10H2,1H3. The molecule has 0 heterocycles. The zero-order valence-electron chi connectivity index (χ0n) is 9.27. The lowest BCUT2D eigenvalue weighted by molar-refractivity contribution is 0.475. The minimum atomic E-state index is 0.302. The lowest BCUT2D eigenvalue weighted by Gasteiger charge is -2.05. The second-order valence-electron chi connectivity index (χ2n) is 3.78. The number of rotatable bonds is 3. The van der Waals surface area contributed by atoms with E-state index in [-0.39, 0.29) is 0 Å². The van der Waals surface area contributed by atoms with Gasteiger partial charge in [-0.05, 0) is 41.9 Å². The first kappa shape index (κ1) is 10.7. The number of phenols is 1. The van der Waals surface area contributed by atoms with Gasteiger partial charge in [-0.3, -0.25) is 0 Å². The Morgan fingerprint density at radius 1 is 1.00 bits per heavy atom. The number of nitrogens with one attached hydrogen (secondary N) is 1. The Morgan fingerprint density at radius 3 is 2.38 bits per heavy atom. The van der Waals surface area contributed by atoms with Crippen LogP contribution < -0.4 is 5.32 Å². The van der Waals surface area contributed by atoms with Crippen LogP contribution >= 0.6 is 0 Å². The first-order valence-electron chi connectivity index (χ1n) is 5.32. The van der Waals surface area contributed by atoms with E-state index in [2.05, 4.69) is 17.4 Å². The predicted molar refractivity (Wildman–Crippen MR) is 66.3 cm³/mol. The van der Waals surface area contributed by atoms with Gasteiger partial charge in [-0.15, -0.1) is 0 Å². The fourth-order valence-electron chi connectivity index (χ4n) is 1.75. The summed E-state index contributed by atoms with van der Waals surface area (Å²) in [7, 11) is 1.93. The molecule has 82 valence electrons. The van der Waals surface area contributed by atoms with Crippen LogP contribution in [0.15, 0.2) is 48.5 Å². The van der Waals surface area contributed by atoms with Crippen molar-refractivity contribution >= 4 is 0 Å². The lowest BCUT2D eigenvalue weighted by Crippen LogP contribution is -2.04. The van der Waals surface area contributed by atoms with E-state index in [1.165, 1.54) is 5.56 Å². The first-order valence-corrected chi connectivity index (χ1v) is 5.32. The molecule has 0 bridgehead atoms. The molecule has 2 rings (SSSR count). The van der Waals surface area contributed by atoms with E-state index in [1.54, 1.807) is 12.1 Å². The fourth-order valence-corrected chi connectivity index (χ4v) is 1.75. The van der Waals surface area contributed by atoms with Crippen LogP contribution in [0.2, 0.25) is 0 Å². The summed E-state index contributed by atoms with van der Waals surface area (Å²) in [5, 5.41) is 12.6. The summed E-state index contributed by atoms with van der Waals surface area (Å²) in [6, 6.07) is 15.6. The average molecular weight is 213 g/mol. The Balaban J connectivity index is 2.36. The zero-order chi connectivity index (χ0) is 11.4. The minimum absolute atomic E-state index is 0.302. The van der Waals surface area contributed by atoms with Crippen molar-refractivity contribution in [2.24, 2.45) is 0 Å². The SMILES string of the molecule is CNCc1cccc(-c2cccc(O)c2)c1. The van der Waals surface area contributed by atoms with Crippen molar-refractivity contribution in [1.29, 1.82) is 0 Å². The van der Waals surface area contributed by atoms with E-state index >= 15 is 0 Å². The molecule has 0 atom stereocenters. The topological polar surface area (TPSA) is 32.3 Å². The Morgan fingerprint density at radius 2 is 1.69 bits per heavy atom. The van der Waals surface area contributed by atoms with Gasteiger partial charge in [-0.2, -0.15) is 0 Å². The van der Waals surface area contributed by atoms with E-state index in [1.807, 2.05) is 31.3 Å². The maximum atomic E-state index is 9.43. The minimum Gasteiger partial charge on any atom is -0.508 e. The van der Waals surface area contributed by atoms with Crippen LogP contribution in [0.25, 0.3) is 11.1 Å². The summed E-state index contributed by atoms with van der Waals surface area (Å²) in [5.74, 6) is 0.302. The molecule has 16 heavy (non-hydrogen) atoms. The average Bonchev–Trinajstić information content (AvgIpc) is 2.30. The monoisotopic (exact) mass is 213 g/mol. The molecule has 0 amide bonds. The molecule has 2 aromatic rings. The number of benzene rings is 2. The summed E-state index contributed by atoms with van der Waals surface area (Å²) in [4.78, 5) is 0. The van der Waals surface area contributed by atoms with E-state index in [4.69, 9.17) is 0 Å². The van der Waals surface area contributed by atoms with E-state index in [9.17, 15) is 5.11 Å². The maximum absolute atomic E-state index is 9.43. The van der Waals surface area contributed by atoms with Gasteiger partial charge in [0, 0.05) is 6.54 Å². The Labute approximate surface area is 95.6 Å². The molecular weight excluding hydrogens is 198 g/mol. The quantitative estimate of drug-likeness (QED) is 0.821. The molecule has 2 N–H and O–H groups in total. The van der Waals surface area contributed by atoms with Crippen molar-refractivity contribution in [3.8, 4) is 16.9 Å². The van der Waals surface area contributed by atoms with Gasteiger partial charge in [0.05, 0.1) is 0 Å². The van der Waals surface area contributed by atoms with Crippen molar-refractivity contribution in [3.63, 3.8) is 0 Å². The molecule has 0 aliphatic carbocycles. The van der Waals surface area contributed by atoms with Gasteiger partial charge in [0.25, 0.3) is 0 Å². The molecule has 0 saturated carbocycles. The summed E-state index contributed by atoms with van der Waals surface area (Å²) in [6.07, 6.45) is 0. The van der Waals surface area contributed by atoms with Crippen molar-refractivity contribution in [2.45, 2.75) is 6.54 Å². The number of aromatic hydroxyl groups is 1. The van der Waals surface area contributed by atoms with E-state index in [0.717, 1.165) is 17.7 Å². The van der Waals surface area contributed by atoms with Gasteiger partial charge in [0.15, 0.2) is 0 Å². The third kappa shape index (κ3) is 2.41. The molecule has 0 saturated heterocycles. The fraction of sp³-hybridized carbons (Fsp3) is 0.143. The second-order valence-corrected chi connectivity index (χ2v) is 3.78. The van der Waals surface area contributed by atoms with Gasteiger partial charge >= 0.3 is 0 Å². The largest absolute Gasteiger partial charge is 0.508 e. The molecule has 0 unspecified atom stereocenters. The molecule has 2 nitrogen and oxygen atoms in total. The second kappa shape index (κ2) is 4.81. The van der Waals surface area contributed by atoms with Crippen molar-refractivity contribution in [2.75, 3.05) is 7.05 Å². The van der Waals surface area contributed by atoms with Gasteiger partial charge in [-0.25, -0.2) is 0 Å². The molecule has 2 aromatic carbocycles. The van der Waals surface area contributed by atoms with Crippen LogP contribution in [0.5, 0.6) is 5.75 Å². The van der Waals surface area contributed by atoms with Crippen molar-refractivity contribution in [1.82, 2.24) is 5.32 Å². The van der Waals surface area contributed by atoms with Crippen molar-refractivity contribution in [3.05, 3.63) is 54.1 Å². The Kier molecular flexibility index (Phi) is 3.22. The molecule has 2 heteroatoms. The molecule has 0 aliphatic heterocycles. The highest BCUT2D eigenvalue weighted by molar-refractivity contribution is 5.65. The third-order valence-corrected chi connectivity index (χ3v) is 2.49. The predicted octanol–water partition coefficient (Wildman–Crippen LogP) is 2.78. The van der Waals surface area contributed by atoms with Crippen LogP contribution in [0.4, 0.5) is 0 Å². The molecule has 0 radical (unpaired) electrons. The van der Waals surface area contributed by atoms with Gasteiger partial charge in [0.1, 0.15) is 5.75 Å². The smallest absolute Gasteiger partial charge is 0.116 e. The highest BCUT2D eigenvalue weighted by atomic mass is 16.3. The van der Waals surface area contributed by atoms with Gasteiger partial charge in [-0.1, -0.05) is 30.3 Å². The van der Waals surface area contributed by atoms with Gasteiger partial charge in [0.2, 0.25) is 0 Å². The van der Waals surface area contributed by atoms with Crippen LogP contribution in [0.3, 0.4) is 0 Å². The third-order valence-electron chi connectivity index (χ3n) is 2.49.